The Kier molecular flexibility index (Phi) is 35.2. The molecule has 0 bridgehead atoms. The van der Waals surface area contributed by atoms with Crippen LogP contribution in [0.3, 0.4) is 0 Å². The van der Waals surface area contributed by atoms with Crippen molar-refractivity contribution in [1.29, 1.82) is 0 Å². The maximum atomic E-state index is 12.3. The number of rotatable bonds is 37. The molecule has 8 nitrogen and oxygen atoms in total. The van der Waals surface area contributed by atoms with Gasteiger partial charge >= 0.3 is 19.8 Å². The van der Waals surface area contributed by atoms with Gasteiger partial charge in [-0.1, -0.05) is 147 Å². The fourth-order valence-corrected chi connectivity index (χ4v) is 6.02. The minimum atomic E-state index is -4.75. The molecular weight excluding hydrogens is 639 g/mol. The zero-order chi connectivity index (χ0) is 36.1. The number of phosphoric acid groups is 1. The van der Waals surface area contributed by atoms with E-state index in [2.05, 4.69) is 42.7 Å². The third-order valence-electron chi connectivity index (χ3n) is 8.69. The lowest BCUT2D eigenvalue weighted by Gasteiger charge is -2.18. The minimum absolute atomic E-state index is 0.202. The lowest BCUT2D eigenvalue weighted by molar-refractivity contribution is -0.161. The summed E-state index contributed by atoms with van der Waals surface area (Å²) in [5.74, 6) is -0.896. The number of allylic oxidation sites excluding steroid dienone is 4. The molecule has 0 heterocycles. The molecule has 0 saturated carbocycles. The van der Waals surface area contributed by atoms with Crippen molar-refractivity contribution < 1.29 is 37.9 Å². The molecule has 0 aliphatic rings. The van der Waals surface area contributed by atoms with E-state index in [0.717, 1.165) is 70.6 Å². The molecule has 2 N–H and O–H groups in total. The van der Waals surface area contributed by atoms with E-state index in [1.165, 1.54) is 96.3 Å². The van der Waals surface area contributed by atoms with Crippen molar-refractivity contribution in [3.63, 3.8) is 0 Å². The molecule has 0 amide bonds. The van der Waals surface area contributed by atoms with Crippen LogP contribution >= 0.6 is 7.82 Å². The van der Waals surface area contributed by atoms with Crippen molar-refractivity contribution in [3.05, 3.63) is 24.3 Å². The van der Waals surface area contributed by atoms with Crippen molar-refractivity contribution >= 4 is 19.8 Å². The second-order valence-electron chi connectivity index (χ2n) is 13.6. The number of carbonyl (C=O) groups excluding carboxylic acids is 2. The molecule has 0 aliphatic heterocycles. The molecule has 0 aromatic heterocycles. The van der Waals surface area contributed by atoms with Crippen LogP contribution in [0.25, 0.3) is 0 Å². The van der Waals surface area contributed by atoms with Gasteiger partial charge < -0.3 is 19.3 Å². The summed E-state index contributed by atoms with van der Waals surface area (Å²) in [5.41, 5.74) is 0. The molecule has 0 fully saturated rings. The highest BCUT2D eigenvalue weighted by molar-refractivity contribution is 7.46. The summed E-state index contributed by atoms with van der Waals surface area (Å²) < 4.78 is 26.3. The summed E-state index contributed by atoms with van der Waals surface area (Å²) in [6.07, 6.45) is 40.4. The summed E-state index contributed by atoms with van der Waals surface area (Å²) in [7, 11) is -4.75. The minimum Gasteiger partial charge on any atom is -0.462 e. The number of phosphoric ester groups is 1. The molecule has 0 spiro atoms. The van der Waals surface area contributed by atoms with E-state index in [0.29, 0.717) is 6.42 Å². The van der Waals surface area contributed by atoms with Gasteiger partial charge in [0.1, 0.15) is 6.61 Å². The molecule has 1 atom stereocenters. The molecule has 0 aromatic carbocycles. The van der Waals surface area contributed by atoms with Crippen molar-refractivity contribution in [3.8, 4) is 0 Å². The Labute approximate surface area is 300 Å². The van der Waals surface area contributed by atoms with Gasteiger partial charge in [0.25, 0.3) is 0 Å². The first-order valence-corrected chi connectivity index (χ1v) is 21.7. The third-order valence-corrected chi connectivity index (χ3v) is 9.18. The van der Waals surface area contributed by atoms with Gasteiger partial charge in [-0.3, -0.25) is 14.1 Å². The maximum absolute atomic E-state index is 12.3. The fraction of sp³-hybridized carbons (Fsp3) is 0.850. The second-order valence-corrected chi connectivity index (χ2v) is 14.8. The molecule has 9 heteroatoms. The molecule has 0 unspecified atom stereocenters. The smallest absolute Gasteiger partial charge is 0.462 e. The van der Waals surface area contributed by atoms with Crippen LogP contribution < -0.4 is 0 Å². The summed E-state index contributed by atoms with van der Waals surface area (Å²) >= 11 is 0. The second kappa shape index (κ2) is 36.3. The highest BCUT2D eigenvalue weighted by Gasteiger charge is 2.22. The Morgan fingerprint density at radius 2 is 0.857 bits per heavy atom. The van der Waals surface area contributed by atoms with Crippen LogP contribution in [0, 0.1) is 0 Å². The van der Waals surface area contributed by atoms with Crippen LogP contribution in [0.2, 0.25) is 0 Å². The number of hydrogen-bond acceptors (Lipinski definition) is 6. The van der Waals surface area contributed by atoms with Gasteiger partial charge in [-0.05, 0) is 64.2 Å². The third kappa shape index (κ3) is 39.2. The molecule has 0 aliphatic carbocycles. The Morgan fingerprint density at radius 3 is 1.29 bits per heavy atom. The quantitative estimate of drug-likeness (QED) is 0.0282. The highest BCUT2D eigenvalue weighted by atomic mass is 31.2. The summed E-state index contributed by atoms with van der Waals surface area (Å²) in [6, 6.07) is 0. The van der Waals surface area contributed by atoms with Crippen LogP contribution in [0.4, 0.5) is 0 Å². The number of unbranched alkanes of at least 4 members (excludes halogenated alkanes) is 23. The Hall–Kier alpha value is -1.47. The van der Waals surface area contributed by atoms with E-state index in [1.807, 2.05) is 0 Å². The van der Waals surface area contributed by atoms with E-state index >= 15 is 0 Å². The molecule has 0 saturated heterocycles. The topological polar surface area (TPSA) is 119 Å². The fourth-order valence-electron chi connectivity index (χ4n) is 5.66. The molecule has 0 aromatic rings. The molecule has 0 rings (SSSR count). The zero-order valence-electron chi connectivity index (χ0n) is 31.6. The molecule has 0 radical (unpaired) electrons. The van der Waals surface area contributed by atoms with Crippen molar-refractivity contribution in [1.82, 2.24) is 0 Å². The van der Waals surface area contributed by atoms with Crippen LogP contribution in [-0.4, -0.2) is 41.0 Å². The van der Waals surface area contributed by atoms with E-state index in [4.69, 9.17) is 19.3 Å². The molecule has 49 heavy (non-hydrogen) atoms. The Morgan fingerprint density at radius 1 is 0.510 bits per heavy atom. The molecule has 288 valence electrons. The highest BCUT2D eigenvalue weighted by Crippen LogP contribution is 2.36. The standard InChI is InChI=1S/C40H75O8P/c1-3-5-7-9-11-13-15-17-18-19-20-21-22-23-25-26-28-30-32-34-39(41)46-36-38(37-47-49(43,44)45)48-40(42)35-33-31-29-27-24-16-14-12-10-8-6-4-2/h12,14,19-20,38H,3-11,13,15-18,21-37H2,1-2H3,(H2,43,44,45)/b14-12-,20-19-/t38-/m1/s1. The normalized spacial score (nSPS) is 12.7. The largest absolute Gasteiger partial charge is 0.469 e. The average molecular weight is 715 g/mol. The van der Waals surface area contributed by atoms with Gasteiger partial charge in [0.15, 0.2) is 6.10 Å². The average Bonchev–Trinajstić information content (AvgIpc) is 3.07. The first-order valence-electron chi connectivity index (χ1n) is 20.1. The monoisotopic (exact) mass is 715 g/mol. The van der Waals surface area contributed by atoms with Crippen molar-refractivity contribution in [2.75, 3.05) is 13.2 Å². The summed E-state index contributed by atoms with van der Waals surface area (Å²) in [5, 5.41) is 0. The lowest BCUT2D eigenvalue weighted by Crippen LogP contribution is -2.29. The van der Waals surface area contributed by atoms with Gasteiger partial charge in [0.2, 0.25) is 0 Å². The number of hydrogen-bond donors (Lipinski definition) is 2. The lowest BCUT2D eigenvalue weighted by atomic mass is 10.1. The Bertz CT molecular complexity index is 853. The summed E-state index contributed by atoms with van der Waals surface area (Å²) in [4.78, 5) is 42.7. The molecular formula is C40H75O8P. The SMILES string of the molecule is CCCCC/C=C\CCCCCCCC(=O)O[C@H](COC(=O)CCCCCCCCC/C=C\CCCCCCCCCC)COP(=O)(O)O. The van der Waals surface area contributed by atoms with Gasteiger partial charge in [-0.15, -0.1) is 0 Å². The van der Waals surface area contributed by atoms with Crippen LogP contribution in [0.5, 0.6) is 0 Å². The van der Waals surface area contributed by atoms with Gasteiger partial charge in [0, 0.05) is 12.8 Å². The van der Waals surface area contributed by atoms with Gasteiger partial charge in [-0.2, -0.15) is 0 Å². The van der Waals surface area contributed by atoms with Crippen LogP contribution in [-0.2, 0) is 28.2 Å². The maximum Gasteiger partial charge on any atom is 0.469 e. The van der Waals surface area contributed by atoms with Crippen LogP contribution in [0.1, 0.15) is 200 Å². The van der Waals surface area contributed by atoms with Crippen molar-refractivity contribution in [2.45, 2.75) is 206 Å². The number of esters is 2. The van der Waals surface area contributed by atoms with Crippen LogP contribution in [0.15, 0.2) is 24.3 Å². The van der Waals surface area contributed by atoms with Gasteiger partial charge in [-0.25, -0.2) is 4.57 Å². The number of carbonyl (C=O) groups is 2. The predicted octanol–water partition coefficient (Wildman–Crippen LogP) is 12.0. The van der Waals surface area contributed by atoms with E-state index in [1.54, 1.807) is 0 Å². The van der Waals surface area contributed by atoms with E-state index in [9.17, 15) is 14.2 Å². The zero-order valence-corrected chi connectivity index (χ0v) is 32.5. The predicted molar refractivity (Wildman–Crippen MR) is 202 cm³/mol. The van der Waals surface area contributed by atoms with Crippen molar-refractivity contribution in [2.24, 2.45) is 0 Å². The van der Waals surface area contributed by atoms with E-state index in [-0.39, 0.29) is 19.4 Å². The van der Waals surface area contributed by atoms with Gasteiger partial charge in [0.05, 0.1) is 6.61 Å². The number of ether oxygens (including phenoxy) is 2. The first-order chi connectivity index (χ1) is 23.8. The Balaban J connectivity index is 3.90. The first kappa shape index (κ1) is 47.5. The summed E-state index contributed by atoms with van der Waals surface area (Å²) in [6.45, 7) is 3.65. The van der Waals surface area contributed by atoms with E-state index < -0.39 is 32.5 Å².